The van der Waals surface area contributed by atoms with Gasteiger partial charge in [-0.15, -0.1) is 0 Å². The molecule has 1 aliphatic rings. The largest absolute Gasteiger partial charge is 0.401 e. The fourth-order valence-corrected chi connectivity index (χ4v) is 3.44. The Bertz CT molecular complexity index is 804. The Morgan fingerprint density at radius 2 is 2.00 bits per heavy atom. The summed E-state index contributed by atoms with van der Waals surface area (Å²) < 4.78 is 71.4. The number of halogens is 5. The Hall–Kier alpha value is -2.31. The maximum absolute atomic E-state index is 13.7. The molecule has 2 rings (SSSR count). The van der Waals surface area contributed by atoms with Gasteiger partial charge in [0.1, 0.15) is 12.6 Å². The molecule has 1 atom stereocenters. The molecule has 7 nitrogen and oxygen atoms in total. The zero-order chi connectivity index (χ0) is 24.1. The number of nitrogens with zero attached hydrogens (tertiary/aromatic N) is 2. The van der Waals surface area contributed by atoms with Crippen LogP contribution in [0.1, 0.15) is 25.8 Å². The summed E-state index contributed by atoms with van der Waals surface area (Å²) in [6.45, 7) is 1.78. The smallest absolute Gasteiger partial charge is 0.370 e. The normalized spacial score (nSPS) is 16.2. The Balaban J connectivity index is 2.28. The molecule has 1 heterocycles. The second-order valence-electron chi connectivity index (χ2n) is 7.85. The lowest BCUT2D eigenvalue weighted by Crippen LogP contribution is -2.52. The lowest BCUT2D eigenvalue weighted by atomic mass is 10.1. The third kappa shape index (κ3) is 7.10. The van der Waals surface area contributed by atoms with Crippen molar-refractivity contribution in [3.05, 3.63) is 23.8 Å². The quantitative estimate of drug-likeness (QED) is 0.547. The number of alkyl halides is 5. The van der Waals surface area contributed by atoms with Crippen LogP contribution in [0.3, 0.4) is 0 Å². The molecule has 0 unspecified atom stereocenters. The van der Waals surface area contributed by atoms with E-state index < -0.39 is 49.1 Å². The van der Waals surface area contributed by atoms with Crippen LogP contribution in [0.25, 0.3) is 0 Å². The summed E-state index contributed by atoms with van der Waals surface area (Å²) in [4.78, 5) is 26.9. The summed E-state index contributed by atoms with van der Waals surface area (Å²) in [6.07, 6.45) is -7.57. The molecule has 1 saturated heterocycles. The molecule has 0 radical (unpaired) electrons. The van der Waals surface area contributed by atoms with Crippen LogP contribution in [0.5, 0.6) is 0 Å². The fraction of sp³-hybridized carbons (Fsp3) is 0.600. The average molecular weight is 466 g/mol. The van der Waals surface area contributed by atoms with Crippen LogP contribution in [0.4, 0.5) is 33.3 Å². The van der Waals surface area contributed by atoms with Crippen LogP contribution in [0.15, 0.2) is 18.2 Å². The van der Waals surface area contributed by atoms with Gasteiger partial charge in [0.25, 0.3) is 12.3 Å². The SMILES string of the molecule is CC(C)CN(CC(F)(F)F)[C@H](CN)C(=O)Nc1ccc(N2CCOCC2=O)cc1C(F)F. The Morgan fingerprint density at radius 3 is 2.53 bits per heavy atom. The molecule has 3 N–H and O–H groups in total. The highest BCUT2D eigenvalue weighted by Crippen LogP contribution is 2.32. The third-order valence-electron chi connectivity index (χ3n) is 4.77. The summed E-state index contributed by atoms with van der Waals surface area (Å²) >= 11 is 0. The van der Waals surface area contributed by atoms with Crippen LogP contribution in [0.2, 0.25) is 0 Å². The lowest BCUT2D eigenvalue weighted by Gasteiger charge is -2.32. The monoisotopic (exact) mass is 466 g/mol. The van der Waals surface area contributed by atoms with E-state index in [4.69, 9.17) is 10.5 Å². The highest BCUT2D eigenvalue weighted by molar-refractivity contribution is 5.97. The van der Waals surface area contributed by atoms with Crippen molar-refractivity contribution >= 4 is 23.2 Å². The number of amides is 2. The molecule has 1 aliphatic heterocycles. The Morgan fingerprint density at radius 1 is 1.31 bits per heavy atom. The first-order valence-electron chi connectivity index (χ1n) is 10.0. The van der Waals surface area contributed by atoms with Crippen LogP contribution < -0.4 is 16.0 Å². The average Bonchev–Trinajstić information content (AvgIpc) is 2.67. The summed E-state index contributed by atoms with van der Waals surface area (Å²) in [5.74, 6) is -1.51. The minimum absolute atomic E-state index is 0.0609. The van der Waals surface area contributed by atoms with Crippen molar-refractivity contribution in [1.82, 2.24) is 4.90 Å². The third-order valence-corrected chi connectivity index (χ3v) is 4.77. The first-order valence-corrected chi connectivity index (χ1v) is 10.0. The second-order valence-corrected chi connectivity index (χ2v) is 7.85. The van der Waals surface area contributed by atoms with Crippen molar-refractivity contribution < 1.29 is 36.3 Å². The molecule has 2 amide bonds. The van der Waals surface area contributed by atoms with E-state index in [2.05, 4.69) is 5.32 Å². The van der Waals surface area contributed by atoms with Crippen LogP contribution in [0, 0.1) is 5.92 Å². The number of rotatable bonds is 9. The zero-order valence-electron chi connectivity index (χ0n) is 17.8. The van der Waals surface area contributed by atoms with E-state index in [1.165, 1.54) is 17.0 Å². The minimum atomic E-state index is -4.57. The molecule has 180 valence electrons. The van der Waals surface area contributed by atoms with Gasteiger partial charge in [-0.1, -0.05) is 13.8 Å². The Kier molecular flexibility index (Phi) is 8.93. The standard InChI is InChI=1S/C20H27F5N4O3/c1-12(2)9-28(11-20(23,24)25)16(8-26)19(31)27-15-4-3-13(7-14(15)18(21)22)29-5-6-32-10-17(29)30/h3-4,7,12,16,18H,5-6,8-11,26H2,1-2H3,(H,27,31)/t16-/m1/s1. The highest BCUT2D eigenvalue weighted by Gasteiger charge is 2.36. The molecule has 0 bridgehead atoms. The first-order chi connectivity index (χ1) is 14.9. The van der Waals surface area contributed by atoms with Gasteiger partial charge in [-0.3, -0.25) is 14.5 Å². The number of nitrogens with one attached hydrogen (secondary N) is 1. The van der Waals surface area contributed by atoms with Crippen molar-refractivity contribution in [2.45, 2.75) is 32.5 Å². The summed E-state index contributed by atoms with van der Waals surface area (Å²) in [5.41, 5.74) is 4.97. The number of carbonyl (C=O) groups is 2. The molecule has 32 heavy (non-hydrogen) atoms. The number of hydrogen-bond donors (Lipinski definition) is 2. The number of nitrogens with two attached hydrogens (primary N) is 1. The maximum atomic E-state index is 13.7. The van der Waals surface area contributed by atoms with Gasteiger partial charge in [0, 0.05) is 36.6 Å². The lowest BCUT2D eigenvalue weighted by molar-refractivity contribution is -0.154. The van der Waals surface area contributed by atoms with E-state index in [1.54, 1.807) is 13.8 Å². The molecule has 12 heteroatoms. The van der Waals surface area contributed by atoms with Gasteiger partial charge in [-0.25, -0.2) is 8.78 Å². The number of benzene rings is 1. The van der Waals surface area contributed by atoms with E-state index in [1.807, 2.05) is 0 Å². The van der Waals surface area contributed by atoms with E-state index in [-0.39, 0.29) is 43.6 Å². The highest BCUT2D eigenvalue weighted by atomic mass is 19.4. The number of ether oxygens (including phenoxy) is 1. The van der Waals surface area contributed by atoms with Crippen LogP contribution in [-0.4, -0.2) is 68.3 Å². The predicted octanol–water partition coefficient (Wildman–Crippen LogP) is 2.77. The fourth-order valence-electron chi connectivity index (χ4n) is 3.44. The molecule has 0 saturated carbocycles. The van der Waals surface area contributed by atoms with Gasteiger partial charge < -0.3 is 20.7 Å². The first kappa shape index (κ1) is 25.9. The molecule has 0 aliphatic carbocycles. The molecule has 1 fully saturated rings. The topological polar surface area (TPSA) is 87.9 Å². The Labute approximate surface area is 182 Å². The number of anilines is 2. The molecular weight excluding hydrogens is 439 g/mol. The molecule has 0 spiro atoms. The summed E-state index contributed by atoms with van der Waals surface area (Å²) in [5, 5.41) is 2.29. The maximum Gasteiger partial charge on any atom is 0.401 e. The van der Waals surface area contributed by atoms with Crippen molar-refractivity contribution in [2.75, 3.05) is 49.6 Å². The second kappa shape index (κ2) is 11.0. The van der Waals surface area contributed by atoms with Crippen LogP contribution in [-0.2, 0) is 14.3 Å². The van der Waals surface area contributed by atoms with Crippen molar-refractivity contribution in [2.24, 2.45) is 11.7 Å². The van der Waals surface area contributed by atoms with Gasteiger partial charge >= 0.3 is 6.18 Å². The van der Waals surface area contributed by atoms with Gasteiger partial charge in [0.15, 0.2) is 0 Å². The van der Waals surface area contributed by atoms with E-state index in [0.717, 1.165) is 11.0 Å². The van der Waals surface area contributed by atoms with E-state index >= 15 is 0 Å². The van der Waals surface area contributed by atoms with Crippen molar-refractivity contribution in [1.29, 1.82) is 0 Å². The predicted molar refractivity (Wildman–Crippen MR) is 109 cm³/mol. The molecule has 1 aromatic rings. The molecular formula is C20H27F5N4O3. The van der Waals surface area contributed by atoms with Crippen molar-refractivity contribution in [3.63, 3.8) is 0 Å². The minimum Gasteiger partial charge on any atom is -0.370 e. The molecule has 0 aromatic heterocycles. The number of morpholine rings is 1. The van der Waals surface area contributed by atoms with Gasteiger partial charge in [-0.2, -0.15) is 13.2 Å². The number of hydrogen-bond acceptors (Lipinski definition) is 5. The summed E-state index contributed by atoms with van der Waals surface area (Å²) in [6, 6.07) is 2.28. The van der Waals surface area contributed by atoms with Crippen LogP contribution >= 0.6 is 0 Å². The van der Waals surface area contributed by atoms with E-state index in [0.29, 0.717) is 0 Å². The van der Waals surface area contributed by atoms with Gasteiger partial charge in [0.05, 0.1) is 13.2 Å². The molecule has 1 aromatic carbocycles. The number of carbonyl (C=O) groups excluding carboxylic acids is 2. The summed E-state index contributed by atoms with van der Waals surface area (Å²) in [7, 11) is 0. The zero-order valence-corrected chi connectivity index (χ0v) is 17.8. The van der Waals surface area contributed by atoms with Crippen molar-refractivity contribution in [3.8, 4) is 0 Å². The van der Waals surface area contributed by atoms with Gasteiger partial charge in [0.2, 0.25) is 5.91 Å². The van der Waals surface area contributed by atoms with Gasteiger partial charge in [-0.05, 0) is 24.1 Å². The van der Waals surface area contributed by atoms with E-state index in [9.17, 15) is 31.5 Å².